The van der Waals surface area contributed by atoms with Crippen LogP contribution in [0, 0.1) is 11.3 Å². The topological polar surface area (TPSA) is 56.5 Å². The maximum absolute atomic E-state index is 10.2. The lowest BCUT2D eigenvalue weighted by Crippen LogP contribution is -2.24. The lowest BCUT2D eigenvalue weighted by molar-refractivity contribution is 0.274. The molecule has 0 aliphatic carbocycles. The summed E-state index contributed by atoms with van der Waals surface area (Å²) >= 11 is 0. The molecule has 1 rings (SSSR count). The van der Waals surface area contributed by atoms with Crippen molar-refractivity contribution in [3.05, 3.63) is 23.8 Å². The largest absolute Gasteiger partial charge is 0.504 e. The number of aromatic hydroxyl groups is 1. The molecule has 1 atom stereocenters. The molecule has 1 N–H and O–H groups in total. The van der Waals surface area contributed by atoms with E-state index >= 15 is 0 Å². The van der Waals surface area contributed by atoms with Gasteiger partial charge in [0.2, 0.25) is 0 Å². The van der Waals surface area contributed by atoms with Gasteiger partial charge in [-0.1, -0.05) is 25.5 Å². The van der Waals surface area contributed by atoms with Gasteiger partial charge in [-0.15, -0.1) is 0 Å². The van der Waals surface area contributed by atoms with Crippen molar-refractivity contribution < 1.29 is 9.84 Å². The molecule has 1 aromatic carbocycles. The molecular weight excluding hydrogens is 240 g/mol. The molecule has 0 fully saturated rings. The molecule has 19 heavy (non-hydrogen) atoms. The van der Waals surface area contributed by atoms with E-state index in [1.807, 2.05) is 18.9 Å². The molecule has 4 nitrogen and oxygen atoms in total. The van der Waals surface area contributed by atoms with Crippen LogP contribution in [0.3, 0.4) is 0 Å². The molecule has 0 heterocycles. The van der Waals surface area contributed by atoms with Crippen LogP contribution in [0.5, 0.6) is 11.5 Å². The maximum atomic E-state index is 10.2. The van der Waals surface area contributed by atoms with E-state index in [4.69, 9.17) is 4.74 Å². The van der Waals surface area contributed by atoms with Gasteiger partial charge in [0.05, 0.1) is 12.7 Å². The number of nitrogens with zero attached hydrogens (tertiary/aromatic N) is 2. The molecule has 0 saturated heterocycles. The van der Waals surface area contributed by atoms with Gasteiger partial charge in [0.1, 0.15) is 6.04 Å². The summed E-state index contributed by atoms with van der Waals surface area (Å²) in [7, 11) is 1.90. The second kappa shape index (κ2) is 7.65. The molecule has 1 unspecified atom stereocenters. The summed E-state index contributed by atoms with van der Waals surface area (Å²) in [5.41, 5.74) is 0.604. The second-order valence-corrected chi connectivity index (χ2v) is 4.49. The average Bonchev–Trinajstić information content (AvgIpc) is 2.41. The maximum Gasteiger partial charge on any atom is 0.163 e. The van der Waals surface area contributed by atoms with E-state index in [-0.39, 0.29) is 5.75 Å². The molecular formula is C15H22N2O2. The summed E-state index contributed by atoms with van der Waals surface area (Å²) in [5.74, 6) is 0.503. The van der Waals surface area contributed by atoms with E-state index < -0.39 is 6.04 Å². The fourth-order valence-corrected chi connectivity index (χ4v) is 1.97. The number of hydrogen-bond donors (Lipinski definition) is 1. The quantitative estimate of drug-likeness (QED) is 0.820. The van der Waals surface area contributed by atoms with Gasteiger partial charge in [-0.25, -0.2) is 0 Å². The van der Waals surface area contributed by atoms with E-state index in [0.29, 0.717) is 17.9 Å². The highest BCUT2D eigenvalue weighted by molar-refractivity contribution is 5.48. The minimum absolute atomic E-state index is 0.0687. The number of nitriles is 1. The number of phenols is 1. The first-order valence-corrected chi connectivity index (χ1v) is 6.70. The van der Waals surface area contributed by atoms with Crippen molar-refractivity contribution in [1.82, 2.24) is 4.90 Å². The standard InChI is InChI=1S/C15H22N2O2/c1-4-6-10-17(3)13(11-16)12-8-7-9-14(15(12)18)19-5-2/h7-9,13,18H,4-6,10H2,1-3H3. The van der Waals surface area contributed by atoms with Crippen molar-refractivity contribution >= 4 is 0 Å². The Balaban J connectivity index is 2.98. The molecule has 0 spiro atoms. The first kappa shape index (κ1) is 15.3. The van der Waals surface area contributed by atoms with Gasteiger partial charge in [-0.2, -0.15) is 5.26 Å². The van der Waals surface area contributed by atoms with Crippen LogP contribution < -0.4 is 4.74 Å². The van der Waals surface area contributed by atoms with Gasteiger partial charge in [0, 0.05) is 5.56 Å². The summed E-state index contributed by atoms with van der Waals surface area (Å²) in [4.78, 5) is 1.95. The lowest BCUT2D eigenvalue weighted by atomic mass is 10.0. The average molecular weight is 262 g/mol. The smallest absolute Gasteiger partial charge is 0.163 e. The fourth-order valence-electron chi connectivity index (χ4n) is 1.97. The van der Waals surface area contributed by atoms with Crippen molar-refractivity contribution in [2.24, 2.45) is 0 Å². The van der Waals surface area contributed by atoms with Crippen LogP contribution in [0.4, 0.5) is 0 Å². The minimum Gasteiger partial charge on any atom is -0.504 e. The van der Waals surface area contributed by atoms with Crippen LogP contribution >= 0.6 is 0 Å². The van der Waals surface area contributed by atoms with Crippen molar-refractivity contribution in [1.29, 1.82) is 5.26 Å². The predicted molar refractivity (Wildman–Crippen MR) is 75.2 cm³/mol. The van der Waals surface area contributed by atoms with Gasteiger partial charge >= 0.3 is 0 Å². The third-order valence-corrected chi connectivity index (χ3v) is 3.05. The van der Waals surface area contributed by atoms with Gasteiger partial charge < -0.3 is 9.84 Å². The third-order valence-electron chi connectivity index (χ3n) is 3.05. The Labute approximate surface area is 115 Å². The Morgan fingerprint density at radius 3 is 2.74 bits per heavy atom. The molecule has 0 bridgehead atoms. The Kier molecular flexibility index (Phi) is 6.17. The summed E-state index contributed by atoms with van der Waals surface area (Å²) in [5, 5.41) is 19.5. The monoisotopic (exact) mass is 262 g/mol. The molecule has 104 valence electrons. The zero-order chi connectivity index (χ0) is 14.3. The van der Waals surface area contributed by atoms with Gasteiger partial charge in [0.25, 0.3) is 0 Å². The summed E-state index contributed by atoms with van der Waals surface area (Å²) in [6.07, 6.45) is 2.11. The molecule has 0 aromatic heterocycles. The van der Waals surface area contributed by atoms with E-state index in [2.05, 4.69) is 13.0 Å². The number of unbranched alkanes of at least 4 members (excludes halogenated alkanes) is 1. The second-order valence-electron chi connectivity index (χ2n) is 4.49. The minimum atomic E-state index is -0.452. The van der Waals surface area contributed by atoms with Crippen LogP contribution in [0.2, 0.25) is 0 Å². The number of rotatable bonds is 7. The van der Waals surface area contributed by atoms with E-state index in [1.54, 1.807) is 18.2 Å². The van der Waals surface area contributed by atoms with Crippen LogP contribution in [0.1, 0.15) is 38.3 Å². The number of hydrogen-bond acceptors (Lipinski definition) is 4. The Morgan fingerprint density at radius 2 is 2.16 bits per heavy atom. The number of benzene rings is 1. The number of para-hydroxylation sites is 1. The van der Waals surface area contributed by atoms with Crippen molar-refractivity contribution in [2.75, 3.05) is 20.2 Å². The van der Waals surface area contributed by atoms with E-state index in [9.17, 15) is 10.4 Å². The summed E-state index contributed by atoms with van der Waals surface area (Å²) in [6.45, 7) is 5.29. The zero-order valence-corrected chi connectivity index (χ0v) is 11.9. The van der Waals surface area contributed by atoms with Crippen LogP contribution in [-0.2, 0) is 0 Å². The van der Waals surface area contributed by atoms with Crippen LogP contribution in [-0.4, -0.2) is 30.2 Å². The highest BCUT2D eigenvalue weighted by Gasteiger charge is 2.21. The van der Waals surface area contributed by atoms with Crippen LogP contribution in [0.15, 0.2) is 18.2 Å². The number of phenolic OH excluding ortho intramolecular Hbond substituents is 1. The van der Waals surface area contributed by atoms with E-state index in [1.165, 1.54) is 0 Å². The summed E-state index contributed by atoms with van der Waals surface area (Å²) in [6, 6.07) is 7.08. The molecule has 4 heteroatoms. The van der Waals surface area contributed by atoms with Crippen LogP contribution in [0.25, 0.3) is 0 Å². The van der Waals surface area contributed by atoms with Gasteiger partial charge in [-0.3, -0.25) is 4.90 Å². The first-order valence-electron chi connectivity index (χ1n) is 6.70. The highest BCUT2D eigenvalue weighted by atomic mass is 16.5. The van der Waals surface area contributed by atoms with Crippen molar-refractivity contribution in [2.45, 2.75) is 32.7 Å². The Hall–Kier alpha value is -1.73. The molecule has 0 amide bonds. The first-order chi connectivity index (χ1) is 9.15. The fraction of sp³-hybridized carbons (Fsp3) is 0.533. The number of ether oxygens (including phenoxy) is 1. The normalized spacial score (nSPS) is 12.2. The molecule has 0 aliphatic rings. The Morgan fingerprint density at radius 1 is 1.42 bits per heavy atom. The van der Waals surface area contributed by atoms with E-state index in [0.717, 1.165) is 19.4 Å². The van der Waals surface area contributed by atoms with Crippen molar-refractivity contribution in [3.8, 4) is 17.6 Å². The van der Waals surface area contributed by atoms with Gasteiger partial charge in [0.15, 0.2) is 11.5 Å². The van der Waals surface area contributed by atoms with Gasteiger partial charge in [-0.05, 0) is 33.0 Å². The zero-order valence-electron chi connectivity index (χ0n) is 11.9. The summed E-state index contributed by atoms with van der Waals surface area (Å²) < 4.78 is 5.35. The highest BCUT2D eigenvalue weighted by Crippen LogP contribution is 2.35. The SMILES string of the molecule is CCCCN(C)C(C#N)c1cccc(OCC)c1O. The molecule has 0 saturated carbocycles. The predicted octanol–water partition coefficient (Wildman–Crippen LogP) is 3.09. The molecule has 0 aliphatic heterocycles. The molecule has 1 aromatic rings. The third kappa shape index (κ3) is 3.87. The molecule has 0 radical (unpaired) electrons. The van der Waals surface area contributed by atoms with Crippen molar-refractivity contribution in [3.63, 3.8) is 0 Å². The Bertz CT molecular complexity index is 440. The lowest BCUT2D eigenvalue weighted by Gasteiger charge is -2.23.